The Kier molecular flexibility index (Phi) is 10.2. The van der Waals surface area contributed by atoms with Crippen molar-refractivity contribution in [2.45, 2.75) is 23.5 Å². The minimum absolute atomic E-state index is 0.0418. The molecule has 0 aliphatic rings. The average Bonchev–Trinajstić information content (AvgIpc) is 2.88. The van der Waals surface area contributed by atoms with E-state index in [0.717, 1.165) is 4.90 Å². The number of aromatic hydroxyl groups is 1. The van der Waals surface area contributed by atoms with E-state index in [1.165, 1.54) is 12.1 Å². The Hall–Kier alpha value is -3.30. The molecule has 1 amide bonds. The van der Waals surface area contributed by atoms with Crippen LogP contribution in [0.5, 0.6) is 11.5 Å². The first kappa shape index (κ1) is 26.3. The summed E-state index contributed by atoms with van der Waals surface area (Å²) in [6.45, 7) is 0.0482. The van der Waals surface area contributed by atoms with Crippen LogP contribution in [0.25, 0.3) is 0 Å². The lowest BCUT2D eigenvalue weighted by molar-refractivity contribution is -0.141. The molecule has 0 aliphatic heterocycles. The molecule has 9 heteroatoms. The highest BCUT2D eigenvalue weighted by molar-refractivity contribution is 7.98. The number of ether oxygens (including phenoxy) is 3. The zero-order chi connectivity index (χ0) is 25.0. The lowest BCUT2D eigenvalue weighted by Gasteiger charge is -2.28. The predicted molar refractivity (Wildman–Crippen MR) is 139 cm³/mol. The number of hydrogen-bond acceptors (Lipinski definition) is 8. The average molecular weight is 514 g/mol. The number of thioether (sulfide) groups is 1. The van der Waals surface area contributed by atoms with Crippen LogP contribution in [0.3, 0.4) is 0 Å². The van der Waals surface area contributed by atoms with E-state index in [9.17, 15) is 14.7 Å². The lowest BCUT2D eigenvalue weighted by Crippen LogP contribution is -2.32. The van der Waals surface area contributed by atoms with Gasteiger partial charge < -0.3 is 19.3 Å². The Morgan fingerprint density at radius 1 is 1.00 bits per heavy atom. The molecule has 0 fully saturated rings. The van der Waals surface area contributed by atoms with E-state index in [2.05, 4.69) is 17.9 Å². The van der Waals surface area contributed by atoms with Gasteiger partial charge in [-0.3, -0.25) is 10.1 Å². The SMILES string of the molecule is CSc1ccc(NC(=O)O[C@H](c2ccc(O)cc2)[C@@H](CCOC(=O)CS)Oc2ccccc2)cc1. The Morgan fingerprint density at radius 3 is 2.31 bits per heavy atom. The van der Waals surface area contributed by atoms with Crippen molar-refractivity contribution in [2.24, 2.45) is 0 Å². The third-order valence-electron chi connectivity index (χ3n) is 4.95. The van der Waals surface area contributed by atoms with Crippen LogP contribution in [0, 0.1) is 0 Å². The topological polar surface area (TPSA) is 94.1 Å². The highest BCUT2D eigenvalue weighted by atomic mass is 32.2. The van der Waals surface area contributed by atoms with Crippen molar-refractivity contribution in [3.63, 3.8) is 0 Å². The van der Waals surface area contributed by atoms with Crippen LogP contribution >= 0.6 is 24.4 Å². The molecule has 0 aliphatic carbocycles. The van der Waals surface area contributed by atoms with E-state index in [1.54, 1.807) is 48.2 Å². The number of rotatable bonds is 11. The highest BCUT2D eigenvalue weighted by Crippen LogP contribution is 2.30. The van der Waals surface area contributed by atoms with Gasteiger partial charge in [0, 0.05) is 17.0 Å². The van der Waals surface area contributed by atoms with E-state index >= 15 is 0 Å². The predicted octanol–water partition coefficient (Wildman–Crippen LogP) is 5.71. The largest absolute Gasteiger partial charge is 0.508 e. The van der Waals surface area contributed by atoms with Crippen molar-refractivity contribution in [1.82, 2.24) is 0 Å². The molecule has 0 unspecified atom stereocenters. The Morgan fingerprint density at radius 2 is 1.69 bits per heavy atom. The fourth-order valence-electron chi connectivity index (χ4n) is 3.24. The Labute approximate surface area is 214 Å². The molecule has 0 aromatic heterocycles. The summed E-state index contributed by atoms with van der Waals surface area (Å²) < 4.78 is 17.2. The van der Waals surface area contributed by atoms with E-state index in [-0.39, 0.29) is 24.5 Å². The van der Waals surface area contributed by atoms with Crippen LogP contribution in [0.2, 0.25) is 0 Å². The van der Waals surface area contributed by atoms with Crippen LogP contribution in [0.4, 0.5) is 10.5 Å². The van der Waals surface area contributed by atoms with Crippen molar-refractivity contribution >= 4 is 42.1 Å². The van der Waals surface area contributed by atoms with Gasteiger partial charge in [0.05, 0.1) is 12.4 Å². The van der Waals surface area contributed by atoms with Crippen LogP contribution in [0.1, 0.15) is 18.1 Å². The summed E-state index contributed by atoms with van der Waals surface area (Å²) >= 11 is 5.52. The number of esters is 1. The minimum atomic E-state index is -0.865. The van der Waals surface area contributed by atoms with Crippen molar-refractivity contribution in [1.29, 1.82) is 0 Å². The van der Waals surface area contributed by atoms with Crippen LogP contribution in [-0.2, 0) is 14.3 Å². The molecule has 0 radical (unpaired) electrons. The van der Waals surface area contributed by atoms with Gasteiger partial charge in [-0.25, -0.2) is 4.79 Å². The third-order valence-corrected chi connectivity index (χ3v) is 5.96. The first-order valence-corrected chi connectivity index (χ1v) is 12.7. The smallest absolute Gasteiger partial charge is 0.412 e. The first-order chi connectivity index (χ1) is 17.0. The number of phenols is 1. The maximum atomic E-state index is 12.9. The maximum Gasteiger partial charge on any atom is 0.412 e. The molecule has 0 heterocycles. The molecule has 2 N–H and O–H groups in total. The molecular formula is C26H27NO6S2. The number of para-hydroxylation sites is 1. The van der Waals surface area contributed by atoms with Gasteiger partial charge in [0.25, 0.3) is 0 Å². The van der Waals surface area contributed by atoms with Crippen molar-refractivity contribution in [3.05, 3.63) is 84.4 Å². The number of amides is 1. The number of hydrogen-bond donors (Lipinski definition) is 3. The first-order valence-electron chi connectivity index (χ1n) is 10.9. The molecule has 3 rings (SSSR count). The number of thiol groups is 1. The number of anilines is 1. The molecule has 7 nitrogen and oxygen atoms in total. The quantitative estimate of drug-likeness (QED) is 0.172. The maximum absolute atomic E-state index is 12.9. The summed E-state index contributed by atoms with van der Waals surface area (Å²) in [5.41, 5.74) is 1.19. The fraction of sp³-hybridized carbons (Fsp3) is 0.231. The molecule has 3 aromatic carbocycles. The monoisotopic (exact) mass is 513 g/mol. The van der Waals surface area contributed by atoms with E-state index in [4.69, 9.17) is 14.2 Å². The molecule has 2 atom stereocenters. The second-order valence-electron chi connectivity index (χ2n) is 7.41. The molecule has 0 saturated heterocycles. The second kappa shape index (κ2) is 13.6. The van der Waals surface area contributed by atoms with Crippen molar-refractivity contribution in [2.75, 3.05) is 23.9 Å². The lowest BCUT2D eigenvalue weighted by atomic mass is 10.0. The molecule has 3 aromatic rings. The van der Waals surface area contributed by atoms with Crippen molar-refractivity contribution in [3.8, 4) is 11.5 Å². The summed E-state index contributed by atoms with van der Waals surface area (Å²) in [5.74, 6) is 0.146. The normalized spacial score (nSPS) is 12.3. The Balaban J connectivity index is 1.83. The van der Waals surface area contributed by atoms with Crippen LogP contribution in [0.15, 0.2) is 83.8 Å². The second-order valence-corrected chi connectivity index (χ2v) is 8.60. The van der Waals surface area contributed by atoms with Gasteiger partial charge in [-0.05, 0) is 60.4 Å². The zero-order valence-electron chi connectivity index (χ0n) is 19.1. The van der Waals surface area contributed by atoms with Gasteiger partial charge in [-0.1, -0.05) is 30.3 Å². The number of carbonyl (C=O) groups excluding carboxylic acids is 2. The molecule has 0 spiro atoms. The van der Waals surface area contributed by atoms with Crippen LogP contribution in [-0.4, -0.2) is 41.9 Å². The molecule has 0 bridgehead atoms. The third kappa shape index (κ3) is 8.45. The Bertz CT molecular complexity index is 1080. The summed E-state index contributed by atoms with van der Waals surface area (Å²) in [6.07, 6.45) is -0.0149. The number of carbonyl (C=O) groups is 2. The van der Waals surface area contributed by atoms with Gasteiger partial charge in [-0.15, -0.1) is 11.8 Å². The fourth-order valence-corrected chi connectivity index (χ4v) is 3.74. The molecular weight excluding hydrogens is 486 g/mol. The van der Waals surface area contributed by atoms with E-state index in [0.29, 0.717) is 17.0 Å². The summed E-state index contributed by atoms with van der Waals surface area (Å²) in [5, 5.41) is 12.5. The van der Waals surface area contributed by atoms with E-state index < -0.39 is 24.3 Å². The van der Waals surface area contributed by atoms with Gasteiger partial charge >= 0.3 is 12.1 Å². The van der Waals surface area contributed by atoms with Crippen molar-refractivity contribution < 1.29 is 28.9 Å². The minimum Gasteiger partial charge on any atom is -0.508 e. The number of benzene rings is 3. The highest BCUT2D eigenvalue weighted by Gasteiger charge is 2.30. The van der Waals surface area contributed by atoms with Crippen LogP contribution < -0.4 is 10.1 Å². The molecule has 35 heavy (non-hydrogen) atoms. The van der Waals surface area contributed by atoms with Gasteiger partial charge in [0.1, 0.15) is 17.6 Å². The standard InChI is InChI=1S/C26H27NO6S2/c1-35-22-13-9-19(10-14-22)27-26(30)33-25(18-7-11-20(28)12-8-18)23(15-16-31-24(29)17-34)32-21-5-3-2-4-6-21/h2-14,23,25,28,34H,15-17H2,1H3,(H,27,30)/t23-,25-/m1/s1. The summed E-state index contributed by atoms with van der Waals surface area (Å²) in [4.78, 5) is 25.5. The number of nitrogens with one attached hydrogen (secondary N) is 1. The molecule has 0 saturated carbocycles. The van der Waals surface area contributed by atoms with Gasteiger partial charge in [0.15, 0.2) is 6.10 Å². The van der Waals surface area contributed by atoms with E-state index in [1.807, 2.05) is 36.6 Å². The summed E-state index contributed by atoms with van der Waals surface area (Å²) in [7, 11) is 0. The zero-order valence-corrected chi connectivity index (χ0v) is 20.8. The number of phenolic OH excluding ortho intramolecular Hbond substituents is 1. The van der Waals surface area contributed by atoms with Gasteiger partial charge in [0.2, 0.25) is 0 Å². The summed E-state index contributed by atoms with van der Waals surface area (Å²) in [6, 6.07) is 22.8. The van der Waals surface area contributed by atoms with Gasteiger partial charge in [-0.2, -0.15) is 12.6 Å². The molecule has 184 valence electrons.